The summed E-state index contributed by atoms with van der Waals surface area (Å²) in [7, 11) is 1.79. The van der Waals surface area contributed by atoms with Gasteiger partial charge in [0.2, 0.25) is 5.91 Å². The van der Waals surface area contributed by atoms with Crippen LogP contribution in [0.15, 0.2) is 48.5 Å². The summed E-state index contributed by atoms with van der Waals surface area (Å²) in [5.74, 6) is -0.0461. The van der Waals surface area contributed by atoms with Gasteiger partial charge < -0.3 is 4.90 Å². The summed E-state index contributed by atoms with van der Waals surface area (Å²) in [5, 5.41) is 11.4. The van der Waals surface area contributed by atoms with E-state index < -0.39 is 4.92 Å². The van der Waals surface area contributed by atoms with Gasteiger partial charge in [-0.3, -0.25) is 19.8 Å². The summed E-state index contributed by atoms with van der Waals surface area (Å²) in [4.78, 5) is 26.8. The second kappa shape index (κ2) is 8.78. The first-order chi connectivity index (χ1) is 12.3. The molecule has 0 aliphatic heterocycles. The number of para-hydroxylation sites is 1. The Kier molecular flexibility index (Phi) is 6.71. The smallest absolute Gasteiger partial charge is 0.269 e. The molecule has 0 saturated heterocycles. The van der Waals surface area contributed by atoms with Gasteiger partial charge in [-0.15, -0.1) is 0 Å². The molecule has 0 unspecified atom stereocenters. The molecule has 2 aromatic rings. The van der Waals surface area contributed by atoms with E-state index in [1.54, 1.807) is 16.8 Å². The fourth-order valence-electron chi connectivity index (χ4n) is 2.77. The van der Waals surface area contributed by atoms with Crippen LogP contribution in [0.3, 0.4) is 0 Å². The topological polar surface area (TPSA) is 66.7 Å². The lowest BCUT2D eigenvalue weighted by molar-refractivity contribution is -0.384. The molecule has 1 amide bonds. The van der Waals surface area contributed by atoms with Crippen LogP contribution in [0.5, 0.6) is 0 Å². The molecule has 0 fully saturated rings. The molecule has 6 nitrogen and oxygen atoms in total. The van der Waals surface area contributed by atoms with Crippen LogP contribution < -0.4 is 4.90 Å². The van der Waals surface area contributed by atoms with Crippen LogP contribution in [0.1, 0.15) is 19.4 Å². The third kappa shape index (κ3) is 5.03. The predicted octanol–water partition coefficient (Wildman–Crippen LogP) is 4.12. The average molecular weight is 376 g/mol. The summed E-state index contributed by atoms with van der Waals surface area (Å²) in [5.41, 5.74) is 1.44. The summed E-state index contributed by atoms with van der Waals surface area (Å²) in [6.07, 6.45) is 0. The van der Waals surface area contributed by atoms with Crippen molar-refractivity contribution in [3.63, 3.8) is 0 Å². The van der Waals surface area contributed by atoms with Gasteiger partial charge in [0.15, 0.2) is 0 Å². The molecule has 0 N–H and O–H groups in total. The molecule has 26 heavy (non-hydrogen) atoms. The first-order valence-corrected chi connectivity index (χ1v) is 8.66. The van der Waals surface area contributed by atoms with E-state index in [1.807, 2.05) is 44.2 Å². The Morgan fingerprint density at radius 3 is 2.42 bits per heavy atom. The number of hydrogen-bond acceptors (Lipinski definition) is 4. The highest BCUT2D eigenvalue weighted by molar-refractivity contribution is 6.31. The van der Waals surface area contributed by atoms with E-state index in [9.17, 15) is 14.9 Å². The molecule has 2 aromatic carbocycles. The van der Waals surface area contributed by atoms with Gasteiger partial charge in [0.1, 0.15) is 0 Å². The van der Waals surface area contributed by atoms with Crippen molar-refractivity contribution in [1.29, 1.82) is 0 Å². The third-order valence-electron chi connectivity index (χ3n) is 3.91. The number of benzene rings is 2. The lowest BCUT2D eigenvalue weighted by Gasteiger charge is -2.29. The zero-order valence-electron chi connectivity index (χ0n) is 15.1. The molecular formula is C19H22ClN3O3. The molecule has 7 heteroatoms. The van der Waals surface area contributed by atoms with E-state index in [0.29, 0.717) is 17.1 Å². The highest BCUT2D eigenvalue weighted by atomic mass is 35.5. The quantitative estimate of drug-likeness (QED) is 0.539. The van der Waals surface area contributed by atoms with Crippen LogP contribution in [0.4, 0.5) is 11.4 Å². The first kappa shape index (κ1) is 19.9. The van der Waals surface area contributed by atoms with Gasteiger partial charge >= 0.3 is 0 Å². The molecule has 0 spiro atoms. The Balaban J connectivity index is 2.11. The Bertz CT molecular complexity index is 781. The minimum absolute atomic E-state index is 0.0136. The highest BCUT2D eigenvalue weighted by Gasteiger charge is 2.21. The predicted molar refractivity (Wildman–Crippen MR) is 104 cm³/mol. The van der Waals surface area contributed by atoms with Crippen LogP contribution in [0.2, 0.25) is 5.02 Å². The molecule has 0 saturated carbocycles. The zero-order valence-corrected chi connectivity index (χ0v) is 15.8. The van der Waals surface area contributed by atoms with Crippen LogP contribution >= 0.6 is 11.6 Å². The molecule has 0 bridgehead atoms. The van der Waals surface area contributed by atoms with Crippen molar-refractivity contribution in [3.8, 4) is 0 Å². The number of nitro benzene ring substituents is 1. The van der Waals surface area contributed by atoms with Crippen molar-refractivity contribution in [2.75, 3.05) is 18.5 Å². The number of halogens is 1. The Morgan fingerprint density at radius 1 is 1.19 bits per heavy atom. The maximum atomic E-state index is 12.8. The van der Waals surface area contributed by atoms with Crippen molar-refractivity contribution in [1.82, 2.24) is 4.90 Å². The number of nitrogens with zero attached hydrogens (tertiary/aromatic N) is 3. The zero-order chi connectivity index (χ0) is 19.3. The number of rotatable bonds is 7. The van der Waals surface area contributed by atoms with Gasteiger partial charge in [0.05, 0.1) is 11.5 Å². The molecule has 0 aliphatic rings. The minimum Gasteiger partial charge on any atom is -0.309 e. The van der Waals surface area contributed by atoms with Gasteiger partial charge in [0.25, 0.3) is 5.69 Å². The van der Waals surface area contributed by atoms with Crippen LogP contribution in [-0.4, -0.2) is 35.4 Å². The fraction of sp³-hybridized carbons (Fsp3) is 0.316. The van der Waals surface area contributed by atoms with E-state index >= 15 is 0 Å². The third-order valence-corrected chi connectivity index (χ3v) is 4.27. The second-order valence-corrected chi connectivity index (χ2v) is 6.81. The van der Waals surface area contributed by atoms with E-state index in [1.165, 1.54) is 18.2 Å². The highest BCUT2D eigenvalue weighted by Crippen LogP contribution is 2.23. The normalized spacial score (nSPS) is 11.0. The van der Waals surface area contributed by atoms with E-state index in [-0.39, 0.29) is 24.2 Å². The molecule has 2 rings (SSSR count). The lowest BCUT2D eigenvalue weighted by atomic mass is 10.2. The summed E-state index contributed by atoms with van der Waals surface area (Å²) in [6.45, 7) is 4.43. The summed E-state index contributed by atoms with van der Waals surface area (Å²) < 4.78 is 0. The number of carbonyl (C=O) groups excluding carboxylic acids is 1. The summed E-state index contributed by atoms with van der Waals surface area (Å²) in [6, 6.07) is 13.8. The summed E-state index contributed by atoms with van der Waals surface area (Å²) >= 11 is 6.15. The van der Waals surface area contributed by atoms with Gasteiger partial charge in [-0.05, 0) is 44.7 Å². The van der Waals surface area contributed by atoms with E-state index in [0.717, 1.165) is 5.69 Å². The minimum atomic E-state index is -0.457. The maximum Gasteiger partial charge on any atom is 0.269 e. The number of hydrogen-bond donors (Lipinski definition) is 0. The number of anilines is 1. The number of amides is 1. The van der Waals surface area contributed by atoms with E-state index in [2.05, 4.69) is 0 Å². The molecular weight excluding hydrogens is 354 g/mol. The van der Waals surface area contributed by atoms with Gasteiger partial charge in [0, 0.05) is 35.4 Å². The molecule has 138 valence electrons. The van der Waals surface area contributed by atoms with Gasteiger partial charge in [-0.25, -0.2) is 0 Å². The average Bonchev–Trinajstić information content (AvgIpc) is 2.57. The van der Waals surface area contributed by atoms with Crippen molar-refractivity contribution < 1.29 is 9.72 Å². The van der Waals surface area contributed by atoms with Gasteiger partial charge in [-0.2, -0.15) is 0 Å². The number of likely N-dealkylation sites (N-methyl/N-ethyl adjacent to an activating group) is 1. The largest absolute Gasteiger partial charge is 0.309 e. The van der Waals surface area contributed by atoms with E-state index in [4.69, 9.17) is 11.6 Å². The molecule has 0 heterocycles. The van der Waals surface area contributed by atoms with Crippen molar-refractivity contribution in [3.05, 3.63) is 69.2 Å². The van der Waals surface area contributed by atoms with Crippen molar-refractivity contribution in [2.24, 2.45) is 0 Å². The van der Waals surface area contributed by atoms with Crippen molar-refractivity contribution >= 4 is 28.9 Å². The van der Waals surface area contributed by atoms with Crippen molar-refractivity contribution in [2.45, 2.75) is 26.4 Å². The number of nitro groups is 1. The Labute approximate surface area is 158 Å². The maximum absolute atomic E-state index is 12.8. The molecule has 0 atom stereocenters. The number of non-ortho nitro benzene ring substituents is 1. The molecule has 0 aromatic heterocycles. The molecule has 0 radical (unpaired) electrons. The Hall–Kier alpha value is -2.44. The first-order valence-electron chi connectivity index (χ1n) is 8.28. The van der Waals surface area contributed by atoms with Crippen LogP contribution in [-0.2, 0) is 11.3 Å². The molecule has 0 aliphatic carbocycles. The Morgan fingerprint density at radius 2 is 1.85 bits per heavy atom. The van der Waals surface area contributed by atoms with Gasteiger partial charge in [-0.1, -0.05) is 29.8 Å². The SMILES string of the molecule is CC(C)N(C(=O)CN(C)Cc1cc([N+](=O)[O-])ccc1Cl)c1ccccc1. The standard InChI is InChI=1S/C19H22ClN3O3/c1-14(2)22(16-7-5-4-6-8-16)19(24)13-21(3)12-15-11-17(23(25)26)9-10-18(15)20/h4-11,14H,12-13H2,1-3H3. The fourth-order valence-corrected chi connectivity index (χ4v) is 2.95. The lowest BCUT2D eigenvalue weighted by Crippen LogP contribution is -2.42. The number of carbonyl (C=O) groups is 1. The van der Waals surface area contributed by atoms with Crippen LogP contribution in [0.25, 0.3) is 0 Å². The second-order valence-electron chi connectivity index (χ2n) is 6.40. The van der Waals surface area contributed by atoms with Crippen LogP contribution in [0, 0.1) is 10.1 Å². The monoisotopic (exact) mass is 375 g/mol.